The molecular formula is C18H28N4O2. The summed E-state index contributed by atoms with van der Waals surface area (Å²) < 4.78 is 7.25. The molecular weight excluding hydrogens is 304 g/mol. The van der Waals surface area contributed by atoms with Gasteiger partial charge in [0.2, 0.25) is 5.95 Å². The monoisotopic (exact) mass is 332 g/mol. The Morgan fingerprint density at radius 2 is 2.04 bits per heavy atom. The van der Waals surface area contributed by atoms with Crippen molar-refractivity contribution in [3.05, 3.63) is 23.8 Å². The van der Waals surface area contributed by atoms with E-state index in [0.29, 0.717) is 12.5 Å². The van der Waals surface area contributed by atoms with E-state index in [1.807, 2.05) is 33.8 Å². The summed E-state index contributed by atoms with van der Waals surface area (Å²) in [5, 5.41) is 2.78. The number of hydrogen-bond donors (Lipinski definition) is 2. The first-order valence-corrected chi connectivity index (χ1v) is 8.45. The maximum absolute atomic E-state index is 11.5. The molecule has 0 unspecified atom stereocenters. The van der Waals surface area contributed by atoms with Gasteiger partial charge in [-0.2, -0.15) is 0 Å². The molecule has 0 radical (unpaired) electrons. The molecule has 0 fully saturated rings. The zero-order chi connectivity index (χ0) is 17.7. The van der Waals surface area contributed by atoms with E-state index in [-0.39, 0.29) is 6.09 Å². The van der Waals surface area contributed by atoms with Crippen LogP contribution in [0.4, 0.5) is 10.7 Å². The van der Waals surface area contributed by atoms with Crippen molar-refractivity contribution in [3.63, 3.8) is 0 Å². The van der Waals surface area contributed by atoms with Crippen molar-refractivity contribution in [3.8, 4) is 0 Å². The largest absolute Gasteiger partial charge is 0.444 e. The average molecular weight is 332 g/mol. The minimum atomic E-state index is -0.456. The van der Waals surface area contributed by atoms with Crippen LogP contribution in [0.3, 0.4) is 0 Å². The Bertz CT molecular complexity index is 701. The smallest absolute Gasteiger partial charge is 0.407 e. The van der Waals surface area contributed by atoms with Gasteiger partial charge in [-0.3, -0.25) is 0 Å². The van der Waals surface area contributed by atoms with Gasteiger partial charge >= 0.3 is 6.09 Å². The highest BCUT2D eigenvalue weighted by Crippen LogP contribution is 2.20. The summed E-state index contributed by atoms with van der Waals surface area (Å²) in [6.45, 7) is 9.06. The zero-order valence-electron chi connectivity index (χ0n) is 15.1. The second-order valence-electron chi connectivity index (χ2n) is 7.10. The third-order valence-corrected chi connectivity index (χ3v) is 3.66. The first-order chi connectivity index (χ1) is 11.3. The molecule has 0 saturated carbocycles. The number of hydrogen-bond acceptors (Lipinski definition) is 4. The van der Waals surface area contributed by atoms with Crippen LogP contribution in [0.5, 0.6) is 0 Å². The van der Waals surface area contributed by atoms with Crippen molar-refractivity contribution in [2.75, 3.05) is 12.3 Å². The minimum absolute atomic E-state index is 0.359. The van der Waals surface area contributed by atoms with Gasteiger partial charge in [-0.25, -0.2) is 9.78 Å². The van der Waals surface area contributed by atoms with E-state index >= 15 is 0 Å². The highest BCUT2D eigenvalue weighted by molar-refractivity contribution is 5.79. The van der Waals surface area contributed by atoms with Crippen molar-refractivity contribution in [1.29, 1.82) is 0 Å². The van der Waals surface area contributed by atoms with Crippen LogP contribution in [0.25, 0.3) is 11.0 Å². The minimum Gasteiger partial charge on any atom is -0.444 e. The van der Waals surface area contributed by atoms with Crippen molar-refractivity contribution in [1.82, 2.24) is 14.9 Å². The number of aromatic nitrogens is 2. The zero-order valence-corrected chi connectivity index (χ0v) is 15.1. The second-order valence-corrected chi connectivity index (χ2v) is 7.10. The quantitative estimate of drug-likeness (QED) is 0.792. The molecule has 0 bridgehead atoms. The first kappa shape index (κ1) is 18.1. The van der Waals surface area contributed by atoms with Crippen LogP contribution in [0.15, 0.2) is 18.2 Å². The summed E-state index contributed by atoms with van der Waals surface area (Å²) >= 11 is 0. The topological polar surface area (TPSA) is 82.2 Å². The predicted molar refractivity (Wildman–Crippen MR) is 97.0 cm³/mol. The highest BCUT2D eigenvalue weighted by atomic mass is 16.6. The Morgan fingerprint density at radius 3 is 2.75 bits per heavy atom. The van der Waals surface area contributed by atoms with Crippen molar-refractivity contribution in [2.45, 2.75) is 59.1 Å². The molecule has 1 heterocycles. The van der Waals surface area contributed by atoms with Crippen LogP contribution in [0.2, 0.25) is 0 Å². The normalized spacial score (nSPS) is 11.7. The van der Waals surface area contributed by atoms with Gasteiger partial charge < -0.3 is 20.4 Å². The van der Waals surface area contributed by atoms with E-state index in [4.69, 9.17) is 10.5 Å². The van der Waals surface area contributed by atoms with Crippen LogP contribution in [0.1, 0.15) is 45.6 Å². The Kier molecular flexibility index (Phi) is 5.70. The summed E-state index contributed by atoms with van der Waals surface area (Å²) in [5.74, 6) is 0.558. The van der Waals surface area contributed by atoms with Crippen LogP contribution < -0.4 is 11.1 Å². The van der Waals surface area contributed by atoms with Gasteiger partial charge in [0, 0.05) is 13.1 Å². The molecule has 0 aliphatic heterocycles. The maximum atomic E-state index is 11.5. The Morgan fingerprint density at radius 1 is 1.29 bits per heavy atom. The Labute approximate surface area is 143 Å². The van der Waals surface area contributed by atoms with Gasteiger partial charge in [-0.05, 0) is 64.7 Å². The molecule has 3 N–H and O–H groups in total. The van der Waals surface area contributed by atoms with E-state index in [0.717, 1.165) is 36.8 Å². The number of anilines is 1. The standard InChI is InChI=1S/C18H28N4O2/c1-13-8-9-15-14(12-13)21-16(19)22(15)11-7-5-6-10-20-17(23)24-18(2,3)4/h8-9,12H,5-7,10-11H2,1-4H3,(H2,19,21)(H,20,23). The molecule has 24 heavy (non-hydrogen) atoms. The molecule has 1 aromatic carbocycles. The molecule has 2 aromatic rings. The molecule has 1 amide bonds. The number of amides is 1. The fraction of sp³-hybridized carbons (Fsp3) is 0.556. The van der Waals surface area contributed by atoms with Gasteiger partial charge in [-0.15, -0.1) is 0 Å². The molecule has 6 heteroatoms. The molecule has 132 valence electrons. The van der Waals surface area contributed by atoms with E-state index < -0.39 is 5.60 Å². The number of nitrogens with zero attached hydrogens (tertiary/aromatic N) is 2. The van der Waals surface area contributed by atoms with Crippen molar-refractivity contribution < 1.29 is 9.53 Å². The van der Waals surface area contributed by atoms with Crippen LogP contribution in [0, 0.1) is 6.92 Å². The number of carbonyl (C=O) groups excluding carboxylic acids is 1. The van der Waals surface area contributed by atoms with Crippen LogP contribution in [-0.4, -0.2) is 27.8 Å². The van der Waals surface area contributed by atoms with E-state index in [2.05, 4.69) is 27.0 Å². The number of carbonyl (C=O) groups is 1. The molecule has 0 spiro atoms. The van der Waals surface area contributed by atoms with Crippen LogP contribution >= 0.6 is 0 Å². The summed E-state index contributed by atoms with van der Waals surface area (Å²) in [6, 6.07) is 6.19. The lowest BCUT2D eigenvalue weighted by atomic mass is 10.2. The summed E-state index contributed by atoms with van der Waals surface area (Å²) in [5.41, 5.74) is 8.76. The van der Waals surface area contributed by atoms with Gasteiger partial charge in [0.15, 0.2) is 0 Å². The molecule has 0 atom stereocenters. The van der Waals surface area contributed by atoms with Gasteiger partial charge in [0.1, 0.15) is 5.60 Å². The number of imidazole rings is 1. The second kappa shape index (κ2) is 7.55. The van der Waals surface area contributed by atoms with E-state index in [9.17, 15) is 4.79 Å². The third kappa shape index (κ3) is 5.15. The third-order valence-electron chi connectivity index (χ3n) is 3.66. The Balaban J connectivity index is 1.73. The fourth-order valence-electron chi connectivity index (χ4n) is 2.57. The molecule has 0 aliphatic rings. The Hall–Kier alpha value is -2.24. The van der Waals surface area contributed by atoms with E-state index in [1.54, 1.807) is 0 Å². The molecule has 1 aromatic heterocycles. The molecule has 0 aliphatic carbocycles. The molecule has 6 nitrogen and oxygen atoms in total. The number of nitrogens with one attached hydrogen (secondary N) is 1. The highest BCUT2D eigenvalue weighted by Gasteiger charge is 2.15. The van der Waals surface area contributed by atoms with Gasteiger partial charge in [0.05, 0.1) is 11.0 Å². The summed E-state index contributed by atoms with van der Waals surface area (Å²) in [6.07, 6.45) is 2.54. The number of benzene rings is 1. The molecule has 0 saturated heterocycles. The lowest BCUT2D eigenvalue weighted by molar-refractivity contribution is 0.0527. The van der Waals surface area contributed by atoms with Crippen LogP contribution in [-0.2, 0) is 11.3 Å². The summed E-state index contributed by atoms with van der Waals surface area (Å²) in [7, 11) is 0. The van der Waals surface area contributed by atoms with Crippen molar-refractivity contribution in [2.24, 2.45) is 0 Å². The number of alkyl carbamates (subject to hydrolysis) is 1. The predicted octanol–water partition coefficient (Wildman–Crippen LogP) is 3.62. The maximum Gasteiger partial charge on any atom is 0.407 e. The van der Waals surface area contributed by atoms with Crippen molar-refractivity contribution >= 4 is 23.1 Å². The number of nitrogens with two attached hydrogens (primary N) is 1. The summed E-state index contributed by atoms with van der Waals surface area (Å²) in [4.78, 5) is 15.9. The number of unbranched alkanes of at least 4 members (excludes halogenated alkanes) is 2. The first-order valence-electron chi connectivity index (χ1n) is 8.45. The van der Waals surface area contributed by atoms with Gasteiger partial charge in [0.25, 0.3) is 0 Å². The number of fused-ring (bicyclic) bond motifs is 1. The van der Waals surface area contributed by atoms with E-state index in [1.165, 1.54) is 5.56 Å². The average Bonchev–Trinajstić information content (AvgIpc) is 2.75. The van der Waals surface area contributed by atoms with Gasteiger partial charge in [-0.1, -0.05) is 6.07 Å². The molecule has 2 rings (SSSR count). The lowest BCUT2D eigenvalue weighted by Gasteiger charge is -2.19. The number of rotatable bonds is 6. The number of nitrogen functional groups attached to an aromatic ring is 1. The number of aryl methyl sites for hydroxylation is 2. The fourth-order valence-corrected chi connectivity index (χ4v) is 2.57. The number of ether oxygens (including phenoxy) is 1. The SMILES string of the molecule is Cc1ccc2c(c1)nc(N)n2CCCCCNC(=O)OC(C)(C)C. The lowest BCUT2D eigenvalue weighted by Crippen LogP contribution is -2.33.